The van der Waals surface area contributed by atoms with Crippen LogP contribution < -0.4 is 62.0 Å². The lowest BCUT2D eigenvalue weighted by Gasteiger charge is -2.30. The van der Waals surface area contributed by atoms with E-state index in [0.29, 0.717) is 69.1 Å². The number of aromatic nitrogens is 18. The number of nitrogens with one attached hydrogen (secondary N) is 6. The molecule has 7 aromatic carbocycles. The van der Waals surface area contributed by atoms with Gasteiger partial charge in [-0.15, -0.1) is 0 Å². The summed E-state index contributed by atoms with van der Waals surface area (Å²) in [6, 6.07) is 54.0. The van der Waals surface area contributed by atoms with Gasteiger partial charge in [-0.05, 0) is 237 Å². The van der Waals surface area contributed by atoms with Gasteiger partial charge in [-0.1, -0.05) is 148 Å². The van der Waals surface area contributed by atoms with Crippen LogP contribution in [0.5, 0.6) is 5.75 Å². The minimum Gasteiger partial charge on any atom is -0.497 e. The topological polar surface area (TPSA) is 421 Å². The zero-order valence-corrected chi connectivity index (χ0v) is 80.5. The molecular formula is C101H127N29O5. The molecule has 4 amide bonds. The number of amides is 4. The van der Waals surface area contributed by atoms with E-state index < -0.39 is 0 Å². The number of nitrogens with two attached hydrogens (primary N) is 1. The Morgan fingerprint density at radius 2 is 0.704 bits per heavy atom. The third-order valence-electron chi connectivity index (χ3n) is 21.1. The Kier molecular flexibility index (Phi) is 39.9. The first kappa shape index (κ1) is 102. The molecule has 8 N–H and O–H groups in total. The van der Waals surface area contributed by atoms with Crippen molar-refractivity contribution < 1.29 is 23.9 Å². The molecule has 2 aliphatic heterocycles. The maximum Gasteiger partial charge on any atom is 0.258 e. The number of carbonyl (C=O) groups excluding carboxylic acids is 4. The molecule has 0 atom stereocenters. The van der Waals surface area contributed by atoms with Crippen molar-refractivity contribution in [3.63, 3.8) is 0 Å². The minimum atomic E-state index is -0.385. The Bertz CT molecular complexity index is 5740. The molecule has 15 rings (SSSR count). The average Bonchev–Trinajstić information content (AvgIpc) is 0.816. The highest BCUT2D eigenvalue weighted by atomic mass is 16.5. The third kappa shape index (κ3) is 33.9. The van der Waals surface area contributed by atoms with Crippen molar-refractivity contribution in [3.8, 4) is 17.1 Å². The second-order valence-electron chi connectivity index (χ2n) is 32.6. The first-order valence-corrected chi connectivity index (χ1v) is 46.2. The number of hydrogen-bond acceptors (Lipinski definition) is 30. The van der Waals surface area contributed by atoms with Gasteiger partial charge in [0.2, 0.25) is 65.4 Å². The zero-order valence-electron chi connectivity index (χ0n) is 80.5. The van der Waals surface area contributed by atoms with Gasteiger partial charge in [-0.3, -0.25) is 40.4 Å². The van der Waals surface area contributed by atoms with Crippen LogP contribution in [-0.4, -0.2) is 173 Å². The number of carbonyl (C=O) groups is 4. The van der Waals surface area contributed by atoms with E-state index in [1.165, 1.54) is 75.3 Å². The molecule has 8 heterocycles. The van der Waals surface area contributed by atoms with Crippen molar-refractivity contribution in [1.29, 1.82) is 0 Å². The number of hydrogen-bond donors (Lipinski definition) is 7. The van der Waals surface area contributed by atoms with Crippen LogP contribution >= 0.6 is 0 Å². The first-order valence-electron chi connectivity index (χ1n) is 46.2. The number of nitrogen functional groups attached to an aromatic ring is 1. The van der Waals surface area contributed by atoms with Gasteiger partial charge in [-0.25, -0.2) is 4.98 Å². The van der Waals surface area contributed by atoms with Gasteiger partial charge in [0, 0.05) is 98.0 Å². The molecule has 0 saturated carbocycles. The van der Waals surface area contributed by atoms with E-state index in [9.17, 15) is 19.2 Å². The van der Waals surface area contributed by atoms with E-state index in [-0.39, 0.29) is 47.4 Å². The fraction of sp³-hybridized carbons (Fsp3) is 0.366. The smallest absolute Gasteiger partial charge is 0.258 e. The summed E-state index contributed by atoms with van der Waals surface area (Å²) in [5.41, 5.74) is 16.0. The Labute approximate surface area is 791 Å². The van der Waals surface area contributed by atoms with Crippen molar-refractivity contribution in [2.45, 2.75) is 187 Å². The van der Waals surface area contributed by atoms with Crippen LogP contribution in [0.25, 0.3) is 11.4 Å². The van der Waals surface area contributed by atoms with Crippen molar-refractivity contribution in [3.05, 3.63) is 261 Å². The zero-order chi connectivity index (χ0) is 96.5. The van der Waals surface area contributed by atoms with Crippen LogP contribution in [0.1, 0.15) is 216 Å². The monoisotopic (exact) mass is 1830 g/mol. The number of ether oxygens (including phenoxy) is 1. The molecule has 2 aliphatic rings. The Morgan fingerprint density at radius 3 is 1.07 bits per heavy atom. The second-order valence-corrected chi connectivity index (χ2v) is 32.6. The summed E-state index contributed by atoms with van der Waals surface area (Å²) in [7, 11) is 1.55. The average molecular weight is 1830 g/mol. The molecule has 0 spiro atoms. The predicted octanol–water partition coefficient (Wildman–Crippen LogP) is 18.6. The maximum absolute atomic E-state index is 12.4. The number of aryl methyl sites for hydroxylation is 11. The molecule has 13 aromatic rings. The lowest BCUT2D eigenvalue weighted by atomic mass is 10.1. The molecule has 0 unspecified atom stereocenters. The van der Waals surface area contributed by atoms with Crippen molar-refractivity contribution >= 4 is 100 Å². The molecule has 0 bridgehead atoms. The van der Waals surface area contributed by atoms with Crippen LogP contribution in [0, 0.1) is 69.2 Å². The van der Waals surface area contributed by atoms with Gasteiger partial charge < -0.3 is 40.7 Å². The molecule has 6 aromatic heterocycles. The van der Waals surface area contributed by atoms with E-state index in [4.69, 9.17) is 20.4 Å². The molecule has 2 saturated heterocycles. The number of benzene rings is 7. The maximum atomic E-state index is 12.4. The van der Waals surface area contributed by atoms with Gasteiger partial charge in [0.1, 0.15) is 40.7 Å². The molecule has 2 fully saturated rings. The number of nitrogens with zero attached hydrogens (tertiary/aromatic N) is 22. The van der Waals surface area contributed by atoms with Crippen LogP contribution in [-0.2, 0) is 6.42 Å². The summed E-state index contributed by atoms with van der Waals surface area (Å²) >= 11 is 0. The van der Waals surface area contributed by atoms with E-state index in [0.717, 1.165) is 147 Å². The highest BCUT2D eigenvalue weighted by Crippen LogP contribution is 2.26. The fourth-order valence-electron chi connectivity index (χ4n) is 13.8. The number of piperidine rings is 2. The molecule has 135 heavy (non-hydrogen) atoms. The second kappa shape index (κ2) is 52.8. The van der Waals surface area contributed by atoms with Gasteiger partial charge in [0.25, 0.3) is 23.6 Å². The van der Waals surface area contributed by atoms with Gasteiger partial charge in [0.05, 0.1) is 7.11 Å². The summed E-state index contributed by atoms with van der Waals surface area (Å²) in [6.07, 6.45) is 15.4. The first-order chi connectivity index (χ1) is 65.2. The number of rotatable bonds is 29. The van der Waals surface area contributed by atoms with Gasteiger partial charge >= 0.3 is 0 Å². The highest BCUT2D eigenvalue weighted by Gasteiger charge is 2.22. The van der Waals surface area contributed by atoms with Crippen LogP contribution in [0.4, 0.5) is 76.8 Å². The minimum absolute atomic E-state index is 0.0486. The predicted molar refractivity (Wildman–Crippen MR) is 536 cm³/mol. The standard InChI is InChI=1S/C20H19N5O3.C20H19N5O2.C18H19N5.C16H31N5.C14H23N5.C13H16N4/c1-12-4-6-14(7-5-12)17(26)23-19-21-13(2)22-20(25-19)24-18(27)15-8-10-16(28-3)11-9-15;1-12-4-8-15(9-5-12)17(26)23-19-21-14(3)22-20(25-19)24-18(27)16-10-6-13(2)7-11-16;1-12-6-4-8-15(10-12)21-17-19-14(3)20-18(23-17)22-16-9-5-7-13(2)11-16;1-6-10-12-20(8-3)15-17-14(5)18-16(19-15)21(9-4)13-11-7-2;1-12-15-13(18-8-4-2-5-9-18)17-14(16-12)19-10-6-3-7-11-19;1-2-3-9-11-15-12(17-13(14)16-11)10-7-5-4-6-8-10/h4-11H,1-3H3,(H2,21,22,23,24,25,26,27);4-11H,1-3H3,(H2,21,22,23,24,25,26,27);4-11H,1-3H3,(H2,19,20,21,22,23);6-13H2,1-5H3;2-11H2,1H3;4-8H,2-3,9H2,1H3,(H2,14,15,16,17). The normalized spacial score (nSPS) is 11.9. The summed E-state index contributed by atoms with van der Waals surface area (Å²) < 4.78 is 5.07. The Balaban J connectivity index is 0.000000169. The number of methoxy groups -OCH3 is 1. The Morgan fingerprint density at radius 1 is 0.348 bits per heavy atom. The van der Waals surface area contributed by atoms with Crippen molar-refractivity contribution in [1.82, 2.24) is 89.7 Å². The van der Waals surface area contributed by atoms with Crippen molar-refractivity contribution in [2.75, 3.05) is 117 Å². The van der Waals surface area contributed by atoms with Crippen LogP contribution in [0.3, 0.4) is 0 Å². The summed E-state index contributed by atoms with van der Waals surface area (Å²) in [4.78, 5) is 137. The summed E-state index contributed by atoms with van der Waals surface area (Å²) in [5, 5.41) is 16.9. The molecule has 34 heteroatoms. The largest absolute Gasteiger partial charge is 0.497 e. The van der Waals surface area contributed by atoms with Crippen LogP contribution in [0.15, 0.2) is 176 Å². The summed E-state index contributed by atoms with van der Waals surface area (Å²) in [5.74, 6) is 8.74. The van der Waals surface area contributed by atoms with Crippen LogP contribution in [0.2, 0.25) is 0 Å². The number of anilines is 13. The third-order valence-corrected chi connectivity index (χ3v) is 21.1. The lowest BCUT2D eigenvalue weighted by molar-refractivity contribution is 0.101. The van der Waals surface area contributed by atoms with Gasteiger partial charge in [0.15, 0.2) is 5.82 Å². The van der Waals surface area contributed by atoms with E-state index in [1.54, 1.807) is 81.6 Å². The lowest BCUT2D eigenvalue weighted by Crippen LogP contribution is -2.34. The van der Waals surface area contributed by atoms with E-state index >= 15 is 0 Å². The quantitative estimate of drug-likeness (QED) is 0.0229. The molecule has 0 radical (unpaired) electrons. The van der Waals surface area contributed by atoms with E-state index in [2.05, 4.69) is 192 Å². The summed E-state index contributed by atoms with van der Waals surface area (Å²) in [6.45, 7) is 38.1. The molecule has 34 nitrogen and oxygen atoms in total. The molecule has 706 valence electrons. The SMILES string of the molecule is CCCCN(CC)c1nc(C)nc(N(CC)CCCC)n1.CCCCc1nc(N)nc(-c2ccccc2)n1.COc1ccc(C(=O)Nc2nc(C)nc(NC(=O)c3ccc(C)cc3)n2)cc1.Cc1ccc(C(=O)Nc2nc(C)nc(NC(=O)c3ccc(C)cc3)n2)cc1.Cc1cccc(Nc2nc(C)nc(Nc3cccc(C)c3)n2)c1.Cc1nc(N2CCCCC2)nc(N2CCCCC2)n1. The van der Waals surface area contributed by atoms with Gasteiger partial charge in [-0.2, -0.15) is 84.7 Å². The highest BCUT2D eigenvalue weighted by molar-refractivity contribution is 6.06. The Hall–Kier alpha value is -15.1. The molecular weight excluding hydrogens is 1700 g/mol. The number of unbranched alkanes of at least 4 members (excludes halogenated alkanes) is 3. The van der Waals surface area contributed by atoms with E-state index in [1.807, 2.05) is 145 Å². The fourth-order valence-corrected chi connectivity index (χ4v) is 13.8. The molecule has 0 aliphatic carbocycles. The van der Waals surface area contributed by atoms with Crippen molar-refractivity contribution in [2.24, 2.45) is 0 Å².